The standard InChI is InChI=1S/C12H20N2O.ClH/c1-8-7-14(5-4-13-8)12(15)11-6-10(11)9-2-3-9;/h8-11,13H,2-7H2,1H3;1H/t8-,10?,11?;/m0./s1. The Hall–Kier alpha value is -0.280. The first-order valence-corrected chi connectivity index (χ1v) is 6.28. The molecule has 0 aromatic rings. The lowest BCUT2D eigenvalue weighted by Crippen LogP contribution is -2.51. The summed E-state index contributed by atoms with van der Waals surface area (Å²) in [6.45, 7) is 4.95. The van der Waals surface area contributed by atoms with Gasteiger partial charge in [0.2, 0.25) is 5.91 Å². The molecule has 3 rings (SSSR count). The lowest BCUT2D eigenvalue weighted by atomic mass is 10.1. The fourth-order valence-electron chi connectivity index (χ4n) is 2.91. The predicted molar refractivity (Wildman–Crippen MR) is 65.6 cm³/mol. The number of rotatable bonds is 2. The molecule has 3 atom stereocenters. The molecule has 1 heterocycles. The summed E-state index contributed by atoms with van der Waals surface area (Å²) in [4.78, 5) is 14.2. The van der Waals surface area contributed by atoms with Crippen molar-refractivity contribution in [3.63, 3.8) is 0 Å². The number of nitrogens with zero attached hydrogens (tertiary/aromatic N) is 1. The maximum Gasteiger partial charge on any atom is 0.226 e. The maximum atomic E-state index is 12.1. The quantitative estimate of drug-likeness (QED) is 0.794. The highest BCUT2D eigenvalue weighted by molar-refractivity contribution is 5.85. The third-order valence-electron chi connectivity index (χ3n) is 4.06. The second-order valence-corrected chi connectivity index (χ2v) is 5.48. The molecule has 3 nitrogen and oxygen atoms in total. The average molecular weight is 245 g/mol. The first-order valence-electron chi connectivity index (χ1n) is 6.28. The largest absolute Gasteiger partial charge is 0.340 e. The average Bonchev–Trinajstić information content (AvgIpc) is 3.07. The Bertz CT molecular complexity index is 280. The molecule has 1 amide bonds. The van der Waals surface area contributed by atoms with Crippen molar-refractivity contribution >= 4 is 18.3 Å². The van der Waals surface area contributed by atoms with Gasteiger partial charge in [0.15, 0.2) is 0 Å². The summed E-state index contributed by atoms with van der Waals surface area (Å²) in [5.74, 6) is 2.53. The second kappa shape index (κ2) is 4.53. The van der Waals surface area contributed by atoms with Gasteiger partial charge in [-0.1, -0.05) is 0 Å². The number of carbonyl (C=O) groups excluding carboxylic acids is 1. The molecule has 1 aliphatic heterocycles. The van der Waals surface area contributed by atoms with Gasteiger partial charge in [-0.2, -0.15) is 0 Å². The molecule has 0 aromatic carbocycles. The van der Waals surface area contributed by atoms with Crippen LogP contribution in [-0.2, 0) is 4.79 Å². The Balaban J connectivity index is 0.000000963. The highest BCUT2D eigenvalue weighted by atomic mass is 35.5. The van der Waals surface area contributed by atoms with Crippen molar-refractivity contribution in [1.82, 2.24) is 10.2 Å². The summed E-state index contributed by atoms with van der Waals surface area (Å²) in [5.41, 5.74) is 0. The molecule has 1 N–H and O–H groups in total. The van der Waals surface area contributed by atoms with Crippen LogP contribution in [0, 0.1) is 17.8 Å². The number of hydrogen-bond acceptors (Lipinski definition) is 2. The molecule has 0 radical (unpaired) electrons. The fourth-order valence-corrected chi connectivity index (χ4v) is 2.91. The molecule has 2 saturated carbocycles. The van der Waals surface area contributed by atoms with Gasteiger partial charge in [0.1, 0.15) is 0 Å². The molecule has 2 unspecified atom stereocenters. The Morgan fingerprint density at radius 3 is 2.75 bits per heavy atom. The van der Waals surface area contributed by atoms with Crippen LogP contribution in [0.3, 0.4) is 0 Å². The van der Waals surface area contributed by atoms with Crippen LogP contribution in [-0.4, -0.2) is 36.5 Å². The van der Waals surface area contributed by atoms with E-state index in [4.69, 9.17) is 0 Å². The summed E-state index contributed by atoms with van der Waals surface area (Å²) < 4.78 is 0. The van der Waals surface area contributed by atoms with Gasteiger partial charge in [0.05, 0.1) is 0 Å². The highest BCUT2D eigenvalue weighted by Gasteiger charge is 2.52. The van der Waals surface area contributed by atoms with Crippen LogP contribution in [0.1, 0.15) is 26.2 Å². The zero-order valence-electron chi connectivity index (χ0n) is 9.82. The predicted octanol–water partition coefficient (Wildman–Crippen LogP) is 1.27. The van der Waals surface area contributed by atoms with E-state index in [1.54, 1.807) is 0 Å². The zero-order chi connectivity index (χ0) is 10.4. The molecule has 1 saturated heterocycles. The van der Waals surface area contributed by atoms with Crippen molar-refractivity contribution in [2.24, 2.45) is 17.8 Å². The number of halogens is 1. The summed E-state index contributed by atoms with van der Waals surface area (Å²) in [6.07, 6.45) is 3.95. The Labute approximate surface area is 103 Å². The normalized spacial score (nSPS) is 37.8. The van der Waals surface area contributed by atoms with Crippen molar-refractivity contribution in [3.05, 3.63) is 0 Å². The van der Waals surface area contributed by atoms with Crippen LogP contribution >= 0.6 is 12.4 Å². The van der Waals surface area contributed by atoms with E-state index >= 15 is 0 Å². The van der Waals surface area contributed by atoms with Gasteiger partial charge < -0.3 is 10.2 Å². The first kappa shape index (κ1) is 12.2. The fraction of sp³-hybridized carbons (Fsp3) is 0.917. The minimum atomic E-state index is 0. The molecule has 0 bridgehead atoms. The number of hydrogen-bond donors (Lipinski definition) is 1. The Morgan fingerprint density at radius 2 is 2.12 bits per heavy atom. The van der Waals surface area contributed by atoms with Gasteiger partial charge in [-0.05, 0) is 38.0 Å². The van der Waals surface area contributed by atoms with E-state index in [9.17, 15) is 4.79 Å². The highest BCUT2D eigenvalue weighted by Crippen LogP contribution is 2.54. The summed E-state index contributed by atoms with van der Waals surface area (Å²) >= 11 is 0. The minimum Gasteiger partial charge on any atom is -0.340 e. The number of carbonyl (C=O) groups is 1. The van der Waals surface area contributed by atoms with Crippen LogP contribution in [0.25, 0.3) is 0 Å². The topological polar surface area (TPSA) is 32.3 Å². The summed E-state index contributed by atoms with van der Waals surface area (Å²) in [6, 6.07) is 0.473. The zero-order valence-corrected chi connectivity index (χ0v) is 10.6. The molecular weight excluding hydrogens is 224 g/mol. The van der Waals surface area contributed by atoms with Gasteiger partial charge in [0.25, 0.3) is 0 Å². The molecular formula is C12H21ClN2O. The smallest absolute Gasteiger partial charge is 0.226 e. The van der Waals surface area contributed by atoms with Crippen LogP contribution in [0.15, 0.2) is 0 Å². The van der Waals surface area contributed by atoms with Crippen molar-refractivity contribution in [1.29, 1.82) is 0 Å². The second-order valence-electron chi connectivity index (χ2n) is 5.48. The molecule has 16 heavy (non-hydrogen) atoms. The van der Waals surface area contributed by atoms with Gasteiger partial charge >= 0.3 is 0 Å². The van der Waals surface area contributed by atoms with E-state index in [2.05, 4.69) is 17.1 Å². The molecule has 2 aliphatic carbocycles. The number of amides is 1. The van der Waals surface area contributed by atoms with E-state index < -0.39 is 0 Å². The molecule has 3 fully saturated rings. The van der Waals surface area contributed by atoms with Crippen LogP contribution in [0.4, 0.5) is 0 Å². The van der Waals surface area contributed by atoms with Crippen LogP contribution in [0.2, 0.25) is 0 Å². The Morgan fingerprint density at radius 1 is 1.38 bits per heavy atom. The molecule has 0 aromatic heterocycles. The minimum absolute atomic E-state index is 0. The van der Waals surface area contributed by atoms with Gasteiger partial charge in [-0.3, -0.25) is 4.79 Å². The molecule has 92 valence electrons. The number of nitrogens with one attached hydrogen (secondary N) is 1. The van der Waals surface area contributed by atoms with Crippen molar-refractivity contribution in [2.45, 2.75) is 32.2 Å². The number of piperazine rings is 1. The van der Waals surface area contributed by atoms with Crippen molar-refractivity contribution in [3.8, 4) is 0 Å². The van der Waals surface area contributed by atoms with Crippen LogP contribution in [0.5, 0.6) is 0 Å². The lowest BCUT2D eigenvalue weighted by Gasteiger charge is -2.32. The first-order chi connectivity index (χ1) is 7.25. The van der Waals surface area contributed by atoms with Gasteiger partial charge in [0, 0.05) is 31.6 Å². The summed E-state index contributed by atoms with van der Waals surface area (Å²) in [5, 5.41) is 3.38. The van der Waals surface area contributed by atoms with E-state index in [0.29, 0.717) is 17.9 Å². The SMILES string of the molecule is C[C@H]1CN(C(=O)C2CC2C2CC2)CCN1.Cl. The molecule has 3 aliphatic rings. The van der Waals surface area contributed by atoms with E-state index in [1.807, 2.05) is 0 Å². The van der Waals surface area contributed by atoms with Gasteiger partial charge in [-0.25, -0.2) is 0 Å². The third-order valence-corrected chi connectivity index (χ3v) is 4.06. The lowest BCUT2D eigenvalue weighted by molar-refractivity contribution is -0.134. The molecule has 4 heteroatoms. The van der Waals surface area contributed by atoms with E-state index in [1.165, 1.54) is 19.3 Å². The van der Waals surface area contributed by atoms with E-state index in [-0.39, 0.29) is 12.4 Å². The van der Waals surface area contributed by atoms with Gasteiger partial charge in [-0.15, -0.1) is 12.4 Å². The van der Waals surface area contributed by atoms with Crippen molar-refractivity contribution in [2.75, 3.05) is 19.6 Å². The third kappa shape index (κ3) is 2.35. The monoisotopic (exact) mass is 244 g/mol. The maximum absolute atomic E-state index is 12.1. The Kier molecular flexibility index (Phi) is 3.45. The van der Waals surface area contributed by atoms with Crippen LogP contribution < -0.4 is 5.32 Å². The summed E-state index contributed by atoms with van der Waals surface area (Å²) in [7, 11) is 0. The van der Waals surface area contributed by atoms with E-state index in [0.717, 1.165) is 31.5 Å². The van der Waals surface area contributed by atoms with Crippen molar-refractivity contribution < 1.29 is 4.79 Å². The molecule has 0 spiro atoms.